The van der Waals surface area contributed by atoms with Gasteiger partial charge in [0.2, 0.25) is 17.8 Å². The number of para-hydroxylation sites is 2. The van der Waals surface area contributed by atoms with Crippen LogP contribution in [0.3, 0.4) is 0 Å². The van der Waals surface area contributed by atoms with Crippen molar-refractivity contribution in [3.8, 4) is 0 Å². The summed E-state index contributed by atoms with van der Waals surface area (Å²) >= 11 is 0. The molecule has 4 rings (SSSR count). The van der Waals surface area contributed by atoms with Gasteiger partial charge in [-0.15, -0.1) is 0 Å². The molecule has 8 heteroatoms. The molecule has 4 N–H and O–H groups in total. The third-order valence-corrected chi connectivity index (χ3v) is 4.02. The first kappa shape index (κ1) is 18.9. The van der Waals surface area contributed by atoms with Crippen molar-refractivity contribution in [2.24, 2.45) is 0 Å². The summed E-state index contributed by atoms with van der Waals surface area (Å²) in [7, 11) is 0. The largest absolute Gasteiger partial charge is 0.324 e. The minimum atomic E-state index is -0.300. The second kappa shape index (κ2) is 9.16. The van der Waals surface area contributed by atoms with Crippen molar-refractivity contribution in [3.05, 3.63) is 96.6 Å². The summed E-state index contributed by atoms with van der Waals surface area (Å²) in [6, 6.07) is 28.0. The molecule has 4 aromatic rings. The molecule has 0 bridgehead atoms. The standard InChI is InChI=1S/C22H19N7O/c30-19(16-10-4-1-5-11-16)28-29-22-26-20(23-17-12-6-2-7-13-17)25-21(27-22)24-18-14-8-3-9-15-18/h1-15H,(H,28,30)(H3,23,24,25,26,27,29). The molecule has 0 fully saturated rings. The zero-order valence-electron chi connectivity index (χ0n) is 15.9. The maximum absolute atomic E-state index is 12.3. The molecule has 30 heavy (non-hydrogen) atoms. The van der Waals surface area contributed by atoms with E-state index in [0.29, 0.717) is 17.5 Å². The zero-order chi connectivity index (χ0) is 20.6. The van der Waals surface area contributed by atoms with Gasteiger partial charge in [0.1, 0.15) is 0 Å². The lowest BCUT2D eigenvalue weighted by molar-refractivity contribution is 0.0962. The first-order chi connectivity index (χ1) is 14.8. The summed E-state index contributed by atoms with van der Waals surface area (Å²) < 4.78 is 0. The van der Waals surface area contributed by atoms with Crippen molar-refractivity contribution < 1.29 is 4.79 Å². The quantitative estimate of drug-likeness (QED) is 0.348. The molecule has 148 valence electrons. The smallest absolute Gasteiger partial charge is 0.269 e. The molecule has 3 aromatic carbocycles. The molecule has 1 aromatic heterocycles. The van der Waals surface area contributed by atoms with Gasteiger partial charge in [0, 0.05) is 16.9 Å². The monoisotopic (exact) mass is 397 g/mol. The van der Waals surface area contributed by atoms with Gasteiger partial charge in [-0.25, -0.2) is 0 Å². The van der Waals surface area contributed by atoms with E-state index in [4.69, 9.17) is 0 Å². The van der Waals surface area contributed by atoms with E-state index < -0.39 is 0 Å². The van der Waals surface area contributed by atoms with Crippen molar-refractivity contribution in [1.29, 1.82) is 0 Å². The van der Waals surface area contributed by atoms with E-state index in [9.17, 15) is 4.79 Å². The molecule has 0 saturated heterocycles. The number of carbonyl (C=O) groups excluding carboxylic acids is 1. The number of benzene rings is 3. The topological polar surface area (TPSA) is 104 Å². The fourth-order valence-corrected chi connectivity index (χ4v) is 2.62. The van der Waals surface area contributed by atoms with E-state index in [2.05, 4.69) is 36.4 Å². The van der Waals surface area contributed by atoms with Gasteiger partial charge >= 0.3 is 0 Å². The predicted octanol–water partition coefficient (Wildman–Crippen LogP) is 4.12. The SMILES string of the molecule is O=C(NNc1nc(Nc2ccccc2)nc(Nc2ccccc2)n1)c1ccccc1. The molecule has 1 amide bonds. The Bertz CT molecular complexity index is 1050. The molecule has 0 aliphatic rings. The number of hydrogen-bond acceptors (Lipinski definition) is 7. The summed E-state index contributed by atoms with van der Waals surface area (Å²) in [4.78, 5) is 25.4. The Labute approximate surface area is 173 Å². The second-order valence-corrected chi connectivity index (χ2v) is 6.23. The Hall–Kier alpha value is -4.46. The number of carbonyl (C=O) groups is 1. The Morgan fingerprint density at radius 2 is 1.00 bits per heavy atom. The van der Waals surface area contributed by atoms with Gasteiger partial charge in [-0.1, -0.05) is 54.6 Å². The number of aromatic nitrogens is 3. The van der Waals surface area contributed by atoms with E-state index >= 15 is 0 Å². The van der Waals surface area contributed by atoms with Crippen LogP contribution in [0.4, 0.5) is 29.2 Å². The number of nitrogens with one attached hydrogen (secondary N) is 4. The van der Waals surface area contributed by atoms with Gasteiger partial charge in [-0.05, 0) is 36.4 Å². The summed E-state index contributed by atoms with van der Waals surface area (Å²) in [6.45, 7) is 0. The average molecular weight is 397 g/mol. The Morgan fingerprint density at radius 1 is 0.567 bits per heavy atom. The van der Waals surface area contributed by atoms with E-state index in [1.807, 2.05) is 66.7 Å². The van der Waals surface area contributed by atoms with Crippen LogP contribution < -0.4 is 21.5 Å². The van der Waals surface area contributed by atoms with Crippen molar-refractivity contribution in [2.45, 2.75) is 0 Å². The van der Waals surface area contributed by atoms with Crippen LogP contribution in [0, 0.1) is 0 Å². The molecule has 0 spiro atoms. The van der Waals surface area contributed by atoms with Crippen molar-refractivity contribution in [3.63, 3.8) is 0 Å². The summed E-state index contributed by atoms with van der Waals surface area (Å²) in [5.74, 6) is 0.537. The third-order valence-electron chi connectivity index (χ3n) is 4.02. The van der Waals surface area contributed by atoms with Crippen LogP contribution in [0.2, 0.25) is 0 Å². The van der Waals surface area contributed by atoms with Crippen molar-refractivity contribution in [1.82, 2.24) is 20.4 Å². The minimum Gasteiger partial charge on any atom is -0.324 e. The molecule has 0 saturated carbocycles. The van der Waals surface area contributed by atoms with E-state index in [1.165, 1.54) is 0 Å². The van der Waals surface area contributed by atoms with Gasteiger partial charge < -0.3 is 10.6 Å². The van der Waals surface area contributed by atoms with Gasteiger partial charge in [0.25, 0.3) is 5.91 Å². The molecule has 8 nitrogen and oxygen atoms in total. The molecule has 1 heterocycles. The van der Waals surface area contributed by atoms with Gasteiger partial charge in [0.05, 0.1) is 0 Å². The number of amides is 1. The number of hydrazine groups is 1. The number of anilines is 5. The van der Waals surface area contributed by atoms with Crippen molar-refractivity contribution in [2.75, 3.05) is 16.1 Å². The maximum Gasteiger partial charge on any atom is 0.269 e. The highest BCUT2D eigenvalue weighted by atomic mass is 16.2. The van der Waals surface area contributed by atoms with E-state index in [1.54, 1.807) is 24.3 Å². The van der Waals surface area contributed by atoms with Gasteiger partial charge in [-0.3, -0.25) is 15.6 Å². The number of rotatable bonds is 7. The highest BCUT2D eigenvalue weighted by Crippen LogP contribution is 2.18. The Balaban J connectivity index is 1.55. The van der Waals surface area contributed by atoms with Crippen molar-refractivity contribution >= 4 is 35.1 Å². The summed E-state index contributed by atoms with van der Waals surface area (Å²) in [6.07, 6.45) is 0. The maximum atomic E-state index is 12.3. The molecular formula is C22H19N7O. The van der Waals surface area contributed by atoms with Gasteiger partial charge in [0.15, 0.2) is 0 Å². The highest BCUT2D eigenvalue weighted by Gasteiger charge is 2.10. The summed E-state index contributed by atoms with van der Waals surface area (Å²) in [5, 5.41) is 6.27. The lowest BCUT2D eigenvalue weighted by Crippen LogP contribution is -2.30. The number of nitrogens with zero attached hydrogens (tertiary/aromatic N) is 3. The van der Waals surface area contributed by atoms with Crippen LogP contribution in [0.15, 0.2) is 91.0 Å². The Kier molecular flexibility index (Phi) is 5.76. The fraction of sp³-hybridized carbons (Fsp3) is 0. The molecule has 0 aliphatic carbocycles. The minimum absolute atomic E-state index is 0.186. The first-order valence-corrected chi connectivity index (χ1v) is 9.28. The van der Waals surface area contributed by atoms with Crippen LogP contribution in [0.25, 0.3) is 0 Å². The van der Waals surface area contributed by atoms with Crippen LogP contribution in [0.1, 0.15) is 10.4 Å². The van der Waals surface area contributed by atoms with Crippen LogP contribution in [-0.2, 0) is 0 Å². The van der Waals surface area contributed by atoms with Crippen LogP contribution in [0.5, 0.6) is 0 Å². The van der Waals surface area contributed by atoms with E-state index in [0.717, 1.165) is 11.4 Å². The van der Waals surface area contributed by atoms with Crippen LogP contribution in [-0.4, -0.2) is 20.9 Å². The average Bonchev–Trinajstić information content (AvgIpc) is 2.79. The molecule has 0 atom stereocenters. The van der Waals surface area contributed by atoms with E-state index in [-0.39, 0.29) is 11.9 Å². The fourth-order valence-electron chi connectivity index (χ4n) is 2.62. The third kappa shape index (κ3) is 5.08. The zero-order valence-corrected chi connectivity index (χ0v) is 15.9. The molecule has 0 aliphatic heterocycles. The summed E-state index contributed by atoms with van der Waals surface area (Å²) in [5.41, 5.74) is 7.53. The highest BCUT2D eigenvalue weighted by molar-refractivity contribution is 5.94. The Morgan fingerprint density at radius 3 is 1.50 bits per heavy atom. The second-order valence-electron chi connectivity index (χ2n) is 6.23. The molecular weight excluding hydrogens is 378 g/mol. The normalized spacial score (nSPS) is 10.1. The van der Waals surface area contributed by atoms with Gasteiger partial charge in [-0.2, -0.15) is 15.0 Å². The molecule has 0 unspecified atom stereocenters. The molecule has 0 radical (unpaired) electrons. The lowest BCUT2D eigenvalue weighted by atomic mass is 10.2. The number of hydrogen-bond donors (Lipinski definition) is 4. The first-order valence-electron chi connectivity index (χ1n) is 9.28. The van der Waals surface area contributed by atoms with Crippen LogP contribution >= 0.6 is 0 Å². The predicted molar refractivity (Wildman–Crippen MR) is 117 cm³/mol. The lowest BCUT2D eigenvalue weighted by Gasteiger charge is -2.12.